The van der Waals surface area contributed by atoms with Gasteiger partial charge in [0, 0.05) is 6.61 Å². The van der Waals surface area contributed by atoms with E-state index < -0.39 is 0 Å². The van der Waals surface area contributed by atoms with Crippen LogP contribution in [0.4, 0.5) is 0 Å². The standard InChI is InChI=1S/C12H25NOS/c1-3-5-6-7-8-9-10-14-11(4-2)12(13)15/h11H,3-10H2,1-2H3,(H2,13,15). The summed E-state index contributed by atoms with van der Waals surface area (Å²) in [6, 6.07) is 0. The Morgan fingerprint density at radius 3 is 2.27 bits per heavy atom. The second kappa shape index (κ2) is 10.4. The highest BCUT2D eigenvalue weighted by Crippen LogP contribution is 2.06. The van der Waals surface area contributed by atoms with Crippen LogP contribution in [0.1, 0.15) is 58.8 Å². The number of unbranched alkanes of at least 4 members (excludes halogenated alkanes) is 5. The molecule has 0 aliphatic heterocycles. The average molecular weight is 231 g/mol. The molecule has 0 aromatic heterocycles. The van der Waals surface area contributed by atoms with Crippen LogP contribution in [0.25, 0.3) is 0 Å². The molecule has 0 rings (SSSR count). The lowest BCUT2D eigenvalue weighted by atomic mass is 10.1. The van der Waals surface area contributed by atoms with Crippen molar-refractivity contribution in [3.05, 3.63) is 0 Å². The lowest BCUT2D eigenvalue weighted by molar-refractivity contribution is 0.0926. The summed E-state index contributed by atoms with van der Waals surface area (Å²) in [6.45, 7) is 5.07. The Hall–Kier alpha value is -0.150. The molecule has 1 atom stereocenters. The van der Waals surface area contributed by atoms with Gasteiger partial charge in [0.25, 0.3) is 0 Å². The van der Waals surface area contributed by atoms with E-state index in [1.165, 1.54) is 32.1 Å². The fourth-order valence-electron chi connectivity index (χ4n) is 1.51. The predicted molar refractivity (Wildman–Crippen MR) is 70.2 cm³/mol. The summed E-state index contributed by atoms with van der Waals surface area (Å²) < 4.78 is 5.59. The molecule has 0 fully saturated rings. The predicted octanol–water partition coefficient (Wildman–Crippen LogP) is 3.43. The van der Waals surface area contributed by atoms with Gasteiger partial charge >= 0.3 is 0 Å². The second-order valence-electron chi connectivity index (χ2n) is 3.94. The molecule has 0 heterocycles. The lowest BCUT2D eigenvalue weighted by Crippen LogP contribution is -2.29. The van der Waals surface area contributed by atoms with Gasteiger partial charge in [0.05, 0.1) is 0 Å². The normalized spacial score (nSPS) is 12.7. The molecule has 15 heavy (non-hydrogen) atoms. The first kappa shape index (κ1) is 14.8. The van der Waals surface area contributed by atoms with E-state index in [2.05, 4.69) is 6.92 Å². The third-order valence-corrected chi connectivity index (χ3v) is 2.77. The van der Waals surface area contributed by atoms with Gasteiger partial charge in [0.1, 0.15) is 11.1 Å². The van der Waals surface area contributed by atoms with E-state index in [-0.39, 0.29) is 6.10 Å². The monoisotopic (exact) mass is 231 g/mol. The van der Waals surface area contributed by atoms with Gasteiger partial charge in [-0.25, -0.2) is 0 Å². The molecule has 0 aromatic carbocycles. The number of nitrogens with two attached hydrogens (primary N) is 1. The molecular weight excluding hydrogens is 206 g/mol. The molecule has 0 amide bonds. The first-order valence-electron chi connectivity index (χ1n) is 6.13. The van der Waals surface area contributed by atoms with Crippen molar-refractivity contribution in [3.63, 3.8) is 0 Å². The van der Waals surface area contributed by atoms with E-state index in [4.69, 9.17) is 22.7 Å². The maximum Gasteiger partial charge on any atom is 0.107 e. The quantitative estimate of drug-likeness (QED) is 0.462. The third kappa shape index (κ3) is 8.82. The number of rotatable bonds is 10. The molecule has 0 spiro atoms. The molecule has 0 radical (unpaired) electrons. The molecule has 2 nitrogen and oxygen atoms in total. The largest absolute Gasteiger partial charge is 0.391 e. The van der Waals surface area contributed by atoms with Crippen molar-refractivity contribution in [1.82, 2.24) is 0 Å². The van der Waals surface area contributed by atoms with E-state index in [0.717, 1.165) is 19.4 Å². The Morgan fingerprint density at radius 1 is 1.13 bits per heavy atom. The molecule has 0 saturated heterocycles. The van der Waals surface area contributed by atoms with Gasteiger partial charge in [0.2, 0.25) is 0 Å². The van der Waals surface area contributed by atoms with Crippen molar-refractivity contribution in [2.75, 3.05) is 6.61 Å². The molecule has 0 aliphatic carbocycles. The van der Waals surface area contributed by atoms with Crippen LogP contribution in [0.15, 0.2) is 0 Å². The van der Waals surface area contributed by atoms with Crippen molar-refractivity contribution in [3.8, 4) is 0 Å². The lowest BCUT2D eigenvalue weighted by Gasteiger charge is -2.14. The second-order valence-corrected chi connectivity index (χ2v) is 4.41. The summed E-state index contributed by atoms with van der Waals surface area (Å²) in [5, 5.41) is 0. The van der Waals surface area contributed by atoms with Crippen molar-refractivity contribution >= 4 is 17.2 Å². The summed E-state index contributed by atoms with van der Waals surface area (Å²) in [5.74, 6) is 0. The van der Waals surface area contributed by atoms with E-state index in [9.17, 15) is 0 Å². The Kier molecular flexibility index (Phi) is 10.3. The van der Waals surface area contributed by atoms with Crippen molar-refractivity contribution in [2.45, 2.75) is 64.9 Å². The van der Waals surface area contributed by atoms with E-state index in [1.54, 1.807) is 0 Å². The molecular formula is C12H25NOS. The summed E-state index contributed by atoms with van der Waals surface area (Å²) >= 11 is 4.90. The van der Waals surface area contributed by atoms with Gasteiger partial charge in [0.15, 0.2) is 0 Å². The highest BCUT2D eigenvalue weighted by atomic mass is 32.1. The molecule has 1 unspecified atom stereocenters. The maximum absolute atomic E-state index is 5.59. The number of hydrogen-bond donors (Lipinski definition) is 1. The van der Waals surface area contributed by atoms with Crippen molar-refractivity contribution < 1.29 is 4.74 Å². The zero-order valence-corrected chi connectivity index (χ0v) is 10.9. The topological polar surface area (TPSA) is 35.2 Å². The molecule has 90 valence electrons. The zero-order valence-electron chi connectivity index (χ0n) is 10.1. The smallest absolute Gasteiger partial charge is 0.107 e. The van der Waals surface area contributed by atoms with E-state index in [1.807, 2.05) is 6.92 Å². The molecule has 2 N–H and O–H groups in total. The van der Waals surface area contributed by atoms with Crippen molar-refractivity contribution in [2.24, 2.45) is 5.73 Å². The Labute approximate surface area is 99.6 Å². The van der Waals surface area contributed by atoms with E-state index in [0.29, 0.717) is 4.99 Å². The van der Waals surface area contributed by atoms with Gasteiger partial charge in [-0.3, -0.25) is 0 Å². The molecule has 0 bridgehead atoms. The third-order valence-electron chi connectivity index (χ3n) is 2.51. The Bertz CT molecular complexity index is 162. The molecule has 0 aliphatic rings. The highest BCUT2D eigenvalue weighted by Gasteiger charge is 2.08. The average Bonchev–Trinajstić information content (AvgIpc) is 2.21. The van der Waals surface area contributed by atoms with Crippen LogP contribution >= 0.6 is 12.2 Å². The summed E-state index contributed by atoms with van der Waals surface area (Å²) in [5.41, 5.74) is 5.53. The summed E-state index contributed by atoms with van der Waals surface area (Å²) in [6.07, 6.45) is 8.57. The van der Waals surface area contributed by atoms with Gasteiger partial charge in [-0.15, -0.1) is 0 Å². The molecule has 0 aromatic rings. The molecule has 3 heteroatoms. The Morgan fingerprint density at radius 2 is 1.73 bits per heavy atom. The summed E-state index contributed by atoms with van der Waals surface area (Å²) in [4.78, 5) is 0.489. The minimum absolute atomic E-state index is 0.0179. The van der Waals surface area contributed by atoms with Crippen LogP contribution in [-0.2, 0) is 4.74 Å². The van der Waals surface area contributed by atoms with Crippen LogP contribution < -0.4 is 5.73 Å². The van der Waals surface area contributed by atoms with Gasteiger partial charge < -0.3 is 10.5 Å². The van der Waals surface area contributed by atoms with Crippen LogP contribution in [-0.4, -0.2) is 17.7 Å². The minimum atomic E-state index is -0.0179. The minimum Gasteiger partial charge on any atom is -0.391 e. The number of ether oxygens (including phenoxy) is 1. The van der Waals surface area contributed by atoms with E-state index >= 15 is 0 Å². The van der Waals surface area contributed by atoms with Gasteiger partial charge in [-0.05, 0) is 12.8 Å². The Balaban J connectivity index is 3.25. The van der Waals surface area contributed by atoms with Gasteiger partial charge in [-0.1, -0.05) is 58.2 Å². The van der Waals surface area contributed by atoms with Crippen LogP contribution in [0.3, 0.4) is 0 Å². The number of hydrogen-bond acceptors (Lipinski definition) is 2. The summed E-state index contributed by atoms with van der Waals surface area (Å²) in [7, 11) is 0. The fourth-order valence-corrected chi connectivity index (χ4v) is 1.74. The van der Waals surface area contributed by atoms with Crippen molar-refractivity contribution in [1.29, 1.82) is 0 Å². The highest BCUT2D eigenvalue weighted by molar-refractivity contribution is 7.80. The zero-order chi connectivity index (χ0) is 11.5. The van der Waals surface area contributed by atoms with Crippen LogP contribution in [0.2, 0.25) is 0 Å². The first-order valence-corrected chi connectivity index (χ1v) is 6.54. The van der Waals surface area contributed by atoms with Crippen LogP contribution in [0, 0.1) is 0 Å². The maximum atomic E-state index is 5.59. The molecule has 0 saturated carbocycles. The first-order chi connectivity index (χ1) is 7.22. The number of thiocarbonyl (C=S) groups is 1. The SMILES string of the molecule is CCCCCCCCOC(CC)C(N)=S. The van der Waals surface area contributed by atoms with Crippen LogP contribution in [0.5, 0.6) is 0 Å². The fraction of sp³-hybridized carbons (Fsp3) is 0.917. The van der Waals surface area contributed by atoms with Gasteiger partial charge in [-0.2, -0.15) is 0 Å².